The Hall–Kier alpha value is -1.82. The molecule has 4 nitrogen and oxygen atoms in total. The van der Waals surface area contributed by atoms with Crippen molar-refractivity contribution in [3.8, 4) is 0 Å². The molecule has 0 aliphatic carbocycles. The number of piperidine rings is 1. The highest BCUT2D eigenvalue weighted by Gasteiger charge is 2.24. The largest absolute Gasteiger partial charge is 0.459 e. The molecule has 1 N–H and O–H groups in total. The van der Waals surface area contributed by atoms with E-state index < -0.39 is 0 Å². The summed E-state index contributed by atoms with van der Waals surface area (Å²) in [5, 5.41) is 5.12. The highest BCUT2D eigenvalue weighted by Crippen LogP contribution is 2.36. The predicted octanol–water partition coefficient (Wildman–Crippen LogP) is 4.85. The van der Waals surface area contributed by atoms with Crippen LogP contribution in [0.15, 0.2) is 41.0 Å². The van der Waals surface area contributed by atoms with Crippen molar-refractivity contribution in [1.82, 2.24) is 10.2 Å². The van der Waals surface area contributed by atoms with Gasteiger partial charge in [-0.25, -0.2) is 0 Å². The molecular formula is C20H21ClN2O2S. The summed E-state index contributed by atoms with van der Waals surface area (Å²) >= 11 is 8.34. The van der Waals surface area contributed by atoms with Crippen LogP contribution >= 0.6 is 22.9 Å². The van der Waals surface area contributed by atoms with Crippen molar-refractivity contribution in [2.24, 2.45) is 0 Å². The molecule has 3 heterocycles. The Morgan fingerprint density at radius 3 is 2.77 bits per heavy atom. The second-order valence-corrected chi connectivity index (χ2v) is 8.31. The molecule has 136 valence electrons. The zero-order chi connectivity index (χ0) is 18.1. The highest BCUT2D eigenvalue weighted by atomic mass is 35.5. The molecule has 1 saturated heterocycles. The lowest BCUT2D eigenvalue weighted by atomic mass is 10.0. The Morgan fingerprint density at radius 2 is 2.08 bits per heavy atom. The van der Waals surface area contributed by atoms with Crippen LogP contribution in [-0.4, -0.2) is 29.9 Å². The lowest BCUT2D eigenvalue weighted by molar-refractivity contribution is 0.0880. The van der Waals surface area contributed by atoms with Gasteiger partial charge in [-0.05, 0) is 31.9 Å². The zero-order valence-electron chi connectivity index (χ0n) is 14.6. The number of amides is 1. The van der Waals surface area contributed by atoms with Crippen LogP contribution in [0.3, 0.4) is 0 Å². The average molecular weight is 389 g/mol. The van der Waals surface area contributed by atoms with Gasteiger partial charge in [-0.3, -0.25) is 9.69 Å². The van der Waals surface area contributed by atoms with Gasteiger partial charge in [0.25, 0.3) is 5.91 Å². The van der Waals surface area contributed by atoms with Crippen LogP contribution in [0.25, 0.3) is 10.1 Å². The van der Waals surface area contributed by atoms with Gasteiger partial charge >= 0.3 is 0 Å². The first kappa shape index (κ1) is 17.6. The number of rotatable bonds is 4. The van der Waals surface area contributed by atoms with E-state index in [9.17, 15) is 4.79 Å². The lowest BCUT2D eigenvalue weighted by Crippen LogP contribution is -2.44. The number of aryl methyl sites for hydroxylation is 1. The summed E-state index contributed by atoms with van der Waals surface area (Å²) in [6, 6.07) is 10.3. The molecule has 1 aliphatic rings. The molecule has 0 bridgehead atoms. The maximum Gasteiger partial charge on any atom is 0.287 e. The molecule has 4 rings (SSSR count). The number of carbonyl (C=O) groups is 1. The number of furan rings is 1. The van der Waals surface area contributed by atoms with E-state index >= 15 is 0 Å². The number of carbonyl (C=O) groups excluding carboxylic acids is 1. The van der Waals surface area contributed by atoms with Crippen LogP contribution in [0.1, 0.15) is 33.8 Å². The Morgan fingerprint density at radius 1 is 1.31 bits per heavy atom. The van der Waals surface area contributed by atoms with E-state index in [0.29, 0.717) is 5.76 Å². The molecule has 0 saturated carbocycles. The number of benzene rings is 1. The molecule has 0 atom stereocenters. The third-order valence-electron chi connectivity index (χ3n) is 4.96. The zero-order valence-corrected chi connectivity index (χ0v) is 16.2. The monoisotopic (exact) mass is 388 g/mol. The molecule has 1 amide bonds. The first-order valence-corrected chi connectivity index (χ1v) is 10.0. The molecule has 1 aliphatic heterocycles. The summed E-state index contributed by atoms with van der Waals surface area (Å²) in [4.78, 5) is 15.9. The average Bonchev–Trinajstić information content (AvgIpc) is 3.21. The molecule has 0 unspecified atom stereocenters. The minimum Gasteiger partial charge on any atom is -0.459 e. The van der Waals surface area contributed by atoms with Crippen molar-refractivity contribution in [3.63, 3.8) is 0 Å². The molecular weight excluding hydrogens is 368 g/mol. The van der Waals surface area contributed by atoms with Crippen molar-refractivity contribution in [3.05, 3.63) is 57.8 Å². The smallest absolute Gasteiger partial charge is 0.287 e. The van der Waals surface area contributed by atoms with E-state index in [0.717, 1.165) is 48.4 Å². The number of nitrogens with zero attached hydrogens (tertiary/aromatic N) is 1. The van der Waals surface area contributed by atoms with Crippen LogP contribution in [-0.2, 0) is 6.54 Å². The minimum atomic E-state index is -0.112. The van der Waals surface area contributed by atoms with Crippen LogP contribution in [0.4, 0.5) is 0 Å². The molecule has 2 aromatic heterocycles. The van der Waals surface area contributed by atoms with E-state index in [-0.39, 0.29) is 11.9 Å². The van der Waals surface area contributed by atoms with Crippen molar-refractivity contribution >= 4 is 38.9 Å². The molecule has 26 heavy (non-hydrogen) atoms. The number of nitrogens with one attached hydrogen (secondary N) is 1. The molecule has 0 radical (unpaired) electrons. The van der Waals surface area contributed by atoms with Crippen molar-refractivity contribution in [2.75, 3.05) is 13.1 Å². The fourth-order valence-corrected chi connectivity index (χ4v) is 5.00. The van der Waals surface area contributed by atoms with Crippen molar-refractivity contribution in [1.29, 1.82) is 0 Å². The van der Waals surface area contributed by atoms with Gasteiger partial charge in [-0.2, -0.15) is 0 Å². The van der Waals surface area contributed by atoms with Gasteiger partial charge < -0.3 is 9.73 Å². The third-order valence-corrected chi connectivity index (χ3v) is 6.66. The Kier molecular flexibility index (Phi) is 5.02. The van der Waals surface area contributed by atoms with E-state index in [1.165, 1.54) is 9.58 Å². The van der Waals surface area contributed by atoms with Gasteiger partial charge in [0.05, 0.1) is 11.3 Å². The van der Waals surface area contributed by atoms with Gasteiger partial charge in [0.2, 0.25) is 0 Å². The van der Waals surface area contributed by atoms with Gasteiger partial charge in [0, 0.05) is 46.2 Å². The van der Waals surface area contributed by atoms with Gasteiger partial charge in [0.15, 0.2) is 5.76 Å². The first-order chi connectivity index (χ1) is 12.6. The van der Waals surface area contributed by atoms with Crippen LogP contribution < -0.4 is 5.32 Å². The lowest BCUT2D eigenvalue weighted by Gasteiger charge is -2.32. The molecule has 1 fully saturated rings. The quantitative estimate of drug-likeness (QED) is 0.694. The van der Waals surface area contributed by atoms with E-state index in [2.05, 4.69) is 22.3 Å². The summed E-state index contributed by atoms with van der Waals surface area (Å²) in [5.74, 6) is 0.308. The normalized spacial score (nSPS) is 16.2. The molecule has 6 heteroatoms. The fourth-order valence-electron chi connectivity index (χ4n) is 3.46. The molecule has 3 aromatic rings. The van der Waals surface area contributed by atoms with Crippen LogP contribution in [0.2, 0.25) is 5.02 Å². The van der Waals surface area contributed by atoms with Gasteiger partial charge in [-0.15, -0.1) is 11.3 Å². The van der Waals surface area contributed by atoms with Gasteiger partial charge in [-0.1, -0.05) is 29.8 Å². The van der Waals surface area contributed by atoms with E-state index in [4.69, 9.17) is 16.0 Å². The predicted molar refractivity (Wildman–Crippen MR) is 106 cm³/mol. The SMILES string of the molecule is Cc1ccoc1C(=O)NC1CCN(Cc2sc3ccccc3c2Cl)CC1. The molecule has 1 aromatic carbocycles. The number of likely N-dealkylation sites (tertiary alicyclic amines) is 1. The first-order valence-electron chi connectivity index (χ1n) is 8.85. The summed E-state index contributed by atoms with van der Waals surface area (Å²) in [6.07, 6.45) is 3.43. The Bertz CT molecular complexity index is 925. The Labute approximate surface area is 161 Å². The third kappa shape index (κ3) is 3.52. The number of thiophene rings is 1. The summed E-state index contributed by atoms with van der Waals surface area (Å²) in [6.45, 7) is 4.66. The topological polar surface area (TPSA) is 45.5 Å². The highest BCUT2D eigenvalue weighted by molar-refractivity contribution is 7.19. The minimum absolute atomic E-state index is 0.112. The van der Waals surface area contributed by atoms with E-state index in [1.807, 2.05) is 25.1 Å². The van der Waals surface area contributed by atoms with Crippen molar-refractivity contribution in [2.45, 2.75) is 32.4 Å². The summed E-state index contributed by atoms with van der Waals surface area (Å²) in [7, 11) is 0. The number of fused-ring (bicyclic) bond motifs is 1. The van der Waals surface area contributed by atoms with Gasteiger partial charge in [0.1, 0.15) is 0 Å². The number of hydrogen-bond acceptors (Lipinski definition) is 4. The Balaban J connectivity index is 1.34. The van der Waals surface area contributed by atoms with E-state index in [1.54, 1.807) is 17.6 Å². The summed E-state index contributed by atoms with van der Waals surface area (Å²) in [5.41, 5.74) is 0.874. The maximum atomic E-state index is 12.3. The summed E-state index contributed by atoms with van der Waals surface area (Å²) < 4.78 is 6.51. The maximum absolute atomic E-state index is 12.3. The standard InChI is InChI=1S/C20H21ClN2O2S/c1-13-8-11-25-19(13)20(24)22-14-6-9-23(10-7-14)12-17-18(21)15-4-2-3-5-16(15)26-17/h2-5,8,11,14H,6-7,9-10,12H2,1H3,(H,22,24). The number of halogens is 1. The fraction of sp³-hybridized carbons (Fsp3) is 0.350. The van der Waals surface area contributed by atoms with Crippen molar-refractivity contribution < 1.29 is 9.21 Å². The second kappa shape index (κ2) is 7.43. The van der Waals surface area contributed by atoms with Crippen LogP contribution in [0, 0.1) is 6.92 Å². The molecule has 0 spiro atoms. The number of hydrogen-bond donors (Lipinski definition) is 1. The van der Waals surface area contributed by atoms with Crippen LogP contribution in [0.5, 0.6) is 0 Å². The second-order valence-electron chi connectivity index (χ2n) is 6.79.